The molecule has 1 saturated carbocycles. The number of nitrogens with zero attached hydrogens (tertiary/aromatic N) is 2. The molecule has 3 N–H and O–H groups in total. The molecule has 0 aromatic carbocycles. The number of aromatic nitrogens is 2. The summed E-state index contributed by atoms with van der Waals surface area (Å²) in [5.41, 5.74) is 8.57. The third kappa shape index (κ3) is 1.97. The van der Waals surface area contributed by atoms with Crippen molar-refractivity contribution in [2.75, 3.05) is 6.61 Å². The van der Waals surface area contributed by atoms with Gasteiger partial charge in [-0.25, -0.2) is 4.98 Å². The van der Waals surface area contributed by atoms with E-state index in [1.54, 1.807) is 0 Å². The van der Waals surface area contributed by atoms with Crippen LogP contribution in [0.4, 0.5) is 0 Å². The van der Waals surface area contributed by atoms with Crippen LogP contribution < -0.4 is 5.73 Å². The summed E-state index contributed by atoms with van der Waals surface area (Å²) in [7, 11) is 0. The van der Waals surface area contributed by atoms with E-state index in [0.29, 0.717) is 5.92 Å². The molecular weight excluding hydrogens is 226 g/mol. The maximum atomic E-state index is 9.63. The maximum Gasteiger partial charge on any atom is 0.106 e. The van der Waals surface area contributed by atoms with Crippen molar-refractivity contribution in [1.82, 2.24) is 9.55 Å². The first-order valence-corrected chi connectivity index (χ1v) is 7.08. The highest BCUT2D eigenvalue weighted by Crippen LogP contribution is 2.39. The van der Waals surface area contributed by atoms with E-state index < -0.39 is 5.54 Å². The van der Waals surface area contributed by atoms with Crippen LogP contribution in [0.15, 0.2) is 0 Å². The van der Waals surface area contributed by atoms with Gasteiger partial charge in [0.05, 0.1) is 17.8 Å². The Hall–Kier alpha value is -0.870. The normalized spacial score (nSPS) is 22.6. The number of hydrogen-bond donors (Lipinski definition) is 2. The van der Waals surface area contributed by atoms with E-state index in [9.17, 15) is 5.11 Å². The van der Waals surface area contributed by atoms with Gasteiger partial charge in [0.15, 0.2) is 0 Å². The van der Waals surface area contributed by atoms with Gasteiger partial charge >= 0.3 is 0 Å². The fraction of sp³-hybridized carbons (Fsp3) is 0.786. The van der Waals surface area contributed by atoms with Gasteiger partial charge in [0.1, 0.15) is 5.82 Å². The minimum atomic E-state index is -0.448. The van der Waals surface area contributed by atoms with Crippen molar-refractivity contribution in [1.29, 1.82) is 0 Å². The molecule has 3 rings (SSSR count). The first kappa shape index (κ1) is 12.2. The molecule has 0 bridgehead atoms. The van der Waals surface area contributed by atoms with Crippen molar-refractivity contribution in [3.05, 3.63) is 17.2 Å². The zero-order valence-electron chi connectivity index (χ0n) is 11.2. The lowest BCUT2D eigenvalue weighted by atomic mass is 9.94. The molecule has 1 unspecified atom stereocenters. The smallest absolute Gasteiger partial charge is 0.106 e. The molecule has 0 spiro atoms. The Morgan fingerprint density at radius 1 is 1.39 bits per heavy atom. The third-order valence-electron chi connectivity index (χ3n) is 4.56. The minimum absolute atomic E-state index is 0.0735. The van der Waals surface area contributed by atoms with E-state index in [1.807, 2.05) is 0 Å². The van der Waals surface area contributed by atoms with Crippen molar-refractivity contribution in [2.45, 2.75) is 57.5 Å². The van der Waals surface area contributed by atoms with Gasteiger partial charge in [-0.3, -0.25) is 0 Å². The monoisotopic (exact) mass is 249 g/mol. The molecule has 2 aliphatic carbocycles. The molecule has 2 aliphatic rings. The number of imidazole rings is 1. The van der Waals surface area contributed by atoms with E-state index in [-0.39, 0.29) is 6.61 Å². The van der Waals surface area contributed by atoms with Gasteiger partial charge in [-0.2, -0.15) is 0 Å². The van der Waals surface area contributed by atoms with Crippen molar-refractivity contribution in [3.63, 3.8) is 0 Å². The van der Waals surface area contributed by atoms with Crippen LogP contribution >= 0.6 is 0 Å². The van der Waals surface area contributed by atoms with E-state index in [4.69, 9.17) is 5.73 Å². The van der Waals surface area contributed by atoms with Gasteiger partial charge in [-0.05, 0) is 51.4 Å². The predicted octanol–water partition coefficient (Wildman–Crippen LogP) is 1.17. The van der Waals surface area contributed by atoms with Gasteiger partial charge in [0.2, 0.25) is 0 Å². The van der Waals surface area contributed by atoms with Crippen molar-refractivity contribution in [3.8, 4) is 0 Å². The number of aliphatic hydroxyl groups is 1. The molecule has 4 nitrogen and oxygen atoms in total. The van der Waals surface area contributed by atoms with Crippen molar-refractivity contribution >= 4 is 0 Å². The fourth-order valence-corrected chi connectivity index (χ4v) is 3.21. The number of aliphatic hydroxyl groups excluding tert-OH is 1. The molecule has 18 heavy (non-hydrogen) atoms. The summed E-state index contributed by atoms with van der Waals surface area (Å²) in [6.45, 7) is 2.86. The first-order valence-electron chi connectivity index (χ1n) is 7.08. The number of rotatable bonds is 4. The van der Waals surface area contributed by atoms with E-state index >= 15 is 0 Å². The maximum absolute atomic E-state index is 9.63. The van der Waals surface area contributed by atoms with Crippen LogP contribution in [0.3, 0.4) is 0 Å². The van der Waals surface area contributed by atoms with Crippen LogP contribution in [-0.2, 0) is 19.4 Å². The molecule has 0 amide bonds. The Morgan fingerprint density at radius 2 is 2.11 bits per heavy atom. The van der Waals surface area contributed by atoms with Crippen molar-refractivity contribution < 1.29 is 5.11 Å². The Morgan fingerprint density at radius 3 is 2.78 bits per heavy atom. The van der Waals surface area contributed by atoms with Gasteiger partial charge in [0, 0.05) is 12.2 Å². The van der Waals surface area contributed by atoms with Crippen LogP contribution in [0.1, 0.15) is 42.9 Å². The molecule has 0 aliphatic heterocycles. The minimum Gasteiger partial charge on any atom is -0.394 e. The Kier molecular flexibility index (Phi) is 2.94. The molecule has 1 aromatic heterocycles. The van der Waals surface area contributed by atoms with Gasteiger partial charge in [0.25, 0.3) is 0 Å². The number of aryl methyl sites for hydroxylation is 2. The number of hydrogen-bond acceptors (Lipinski definition) is 3. The standard InChI is InChI=1S/C14H23N3O/c1-10-16-12-4-2-3-5-13(12)17(10)8-14(15,9-18)11-6-7-11/h11,18H,2-9,15H2,1H3. The molecule has 0 saturated heterocycles. The SMILES string of the molecule is Cc1nc2c(n1CC(N)(CO)C1CC1)CCCC2. The van der Waals surface area contributed by atoms with Crippen LogP contribution in [-0.4, -0.2) is 26.8 Å². The van der Waals surface area contributed by atoms with Crippen LogP contribution in [0.25, 0.3) is 0 Å². The molecular formula is C14H23N3O. The van der Waals surface area contributed by atoms with E-state index in [0.717, 1.165) is 38.1 Å². The zero-order valence-corrected chi connectivity index (χ0v) is 11.2. The van der Waals surface area contributed by atoms with Gasteiger partial charge in [-0.1, -0.05) is 0 Å². The fourth-order valence-electron chi connectivity index (χ4n) is 3.21. The van der Waals surface area contributed by atoms with Crippen LogP contribution in [0.2, 0.25) is 0 Å². The number of fused-ring (bicyclic) bond motifs is 1. The highest BCUT2D eigenvalue weighted by Gasteiger charge is 2.42. The molecule has 1 aromatic rings. The highest BCUT2D eigenvalue weighted by atomic mass is 16.3. The summed E-state index contributed by atoms with van der Waals surface area (Å²) < 4.78 is 2.27. The van der Waals surface area contributed by atoms with Gasteiger partial charge < -0.3 is 15.4 Å². The van der Waals surface area contributed by atoms with Gasteiger partial charge in [-0.15, -0.1) is 0 Å². The lowest BCUT2D eigenvalue weighted by molar-refractivity contribution is 0.157. The summed E-state index contributed by atoms with van der Waals surface area (Å²) in [6.07, 6.45) is 7.03. The largest absolute Gasteiger partial charge is 0.394 e. The zero-order chi connectivity index (χ0) is 12.8. The van der Waals surface area contributed by atoms with E-state index in [1.165, 1.54) is 24.2 Å². The lowest BCUT2D eigenvalue weighted by Crippen LogP contribution is -2.50. The summed E-state index contributed by atoms with van der Waals surface area (Å²) in [6, 6.07) is 0. The van der Waals surface area contributed by atoms with E-state index in [2.05, 4.69) is 16.5 Å². The second-order valence-electron chi connectivity index (χ2n) is 6.01. The average molecular weight is 249 g/mol. The number of nitrogens with two attached hydrogens (primary N) is 1. The summed E-state index contributed by atoms with van der Waals surface area (Å²) in [5.74, 6) is 1.55. The topological polar surface area (TPSA) is 64.1 Å². The summed E-state index contributed by atoms with van der Waals surface area (Å²) >= 11 is 0. The van der Waals surface area contributed by atoms with Crippen molar-refractivity contribution in [2.24, 2.45) is 11.7 Å². The second kappa shape index (κ2) is 4.35. The van der Waals surface area contributed by atoms with Crippen LogP contribution in [0.5, 0.6) is 0 Å². The quantitative estimate of drug-likeness (QED) is 0.842. The Bertz CT molecular complexity index is 450. The second-order valence-corrected chi connectivity index (χ2v) is 6.01. The lowest BCUT2D eigenvalue weighted by Gasteiger charge is -2.29. The predicted molar refractivity (Wildman–Crippen MR) is 70.3 cm³/mol. The highest BCUT2D eigenvalue weighted by molar-refractivity contribution is 5.21. The molecule has 1 heterocycles. The molecule has 1 fully saturated rings. The molecule has 1 atom stereocenters. The molecule has 0 radical (unpaired) electrons. The summed E-state index contributed by atoms with van der Waals surface area (Å²) in [4.78, 5) is 4.68. The molecule has 100 valence electrons. The third-order valence-corrected chi connectivity index (χ3v) is 4.56. The Labute approximate surface area is 108 Å². The first-order chi connectivity index (χ1) is 8.64. The average Bonchev–Trinajstić information content (AvgIpc) is 3.17. The molecule has 4 heteroatoms. The summed E-state index contributed by atoms with van der Waals surface area (Å²) in [5, 5.41) is 9.63. The Balaban J connectivity index is 1.89. The van der Waals surface area contributed by atoms with Crippen LogP contribution in [0, 0.1) is 12.8 Å².